The maximum Gasteiger partial charge on any atom is 1.00 e. The molecule has 3 heterocycles. The second kappa shape index (κ2) is 42.7. The normalized spacial score (nSPS) is 12.9. The Kier molecular flexibility index (Phi) is 35.9. The molecule has 3 aliphatic rings. The van der Waals surface area contributed by atoms with E-state index < -0.39 is 70.5 Å². The predicted molar refractivity (Wildman–Crippen MR) is 425 cm³/mol. The van der Waals surface area contributed by atoms with Crippen molar-refractivity contribution in [1.29, 1.82) is 0 Å². The number of fused-ring (bicyclic) bond motifs is 3. The molecule has 0 saturated carbocycles. The van der Waals surface area contributed by atoms with Gasteiger partial charge < -0.3 is 56.1 Å². The Morgan fingerprint density at radius 2 is 0.721 bits per heavy atom. The Bertz CT molecular complexity index is 4860. The van der Waals surface area contributed by atoms with Gasteiger partial charge in [0, 0.05) is 46.2 Å². The molecule has 3 atom stereocenters. The summed E-state index contributed by atoms with van der Waals surface area (Å²) in [7, 11) is 2.55. The van der Waals surface area contributed by atoms with Crippen LogP contribution in [0.2, 0.25) is 60.3 Å². The minimum atomic E-state index is -1.26. The Morgan fingerprint density at radius 3 is 1.00 bits per heavy atom. The molecule has 17 nitrogen and oxygen atoms in total. The number of carboxylic acids is 1. The molecular weight excluding hydrogens is 1720 g/mol. The molecule has 3 aliphatic heterocycles. The first-order valence-corrected chi connectivity index (χ1v) is 37.4. The number of halogens is 16. The van der Waals surface area contributed by atoms with Gasteiger partial charge in [-0.25, -0.2) is 22.8 Å². The minimum Gasteiger partial charge on any atom is -0.870 e. The van der Waals surface area contributed by atoms with Crippen LogP contribution in [-0.2, 0) is 62.4 Å². The van der Waals surface area contributed by atoms with E-state index in [4.69, 9.17) is 180 Å². The summed E-state index contributed by atoms with van der Waals surface area (Å²) < 4.78 is 68.5. The fourth-order valence-corrected chi connectivity index (χ4v) is 16.2. The number of nitrogens with one attached hydrogen (secondary N) is 2. The summed E-state index contributed by atoms with van der Waals surface area (Å²) >= 11 is 78.7. The van der Waals surface area contributed by atoms with Crippen LogP contribution >= 0.6 is 151 Å². The first kappa shape index (κ1) is 93.3. The fourth-order valence-electron chi connectivity index (χ4n) is 12.2. The zero-order valence-corrected chi connectivity index (χ0v) is 68.2. The molecule has 9 aromatic rings. The summed E-state index contributed by atoms with van der Waals surface area (Å²) in [5.41, 5.74) is 14.4. The summed E-state index contributed by atoms with van der Waals surface area (Å²) in [5.74, 6) is -3.51. The van der Waals surface area contributed by atoms with Gasteiger partial charge in [-0.05, 0) is 163 Å². The molecule has 12 rings (SSSR count). The number of aliphatic carboxylic acids is 1. The molecule has 0 radical (unpaired) electrons. The van der Waals surface area contributed by atoms with Gasteiger partial charge in [0.25, 0.3) is 17.1 Å². The summed E-state index contributed by atoms with van der Waals surface area (Å²) in [6.07, 6.45) is 4.82. The Morgan fingerprint density at radius 1 is 0.441 bits per heavy atom. The van der Waals surface area contributed by atoms with Crippen LogP contribution in [0.4, 0.5) is 13.2 Å². The monoisotopic (exact) mass is 1770 g/mol. The summed E-state index contributed by atoms with van der Waals surface area (Å²) in [6.45, 7) is 1.48. The first-order valence-electron chi connectivity index (χ1n) is 32.5. The van der Waals surface area contributed by atoms with Gasteiger partial charge in [0.1, 0.15) is 52.8 Å². The van der Waals surface area contributed by atoms with Crippen molar-refractivity contribution < 1.29 is 101 Å². The van der Waals surface area contributed by atoms with Gasteiger partial charge >= 0.3 is 36.8 Å². The molecule has 0 aromatic heterocycles. The van der Waals surface area contributed by atoms with Crippen LogP contribution in [0.15, 0.2) is 127 Å². The van der Waals surface area contributed by atoms with Gasteiger partial charge in [-0.15, -0.1) is 0 Å². The van der Waals surface area contributed by atoms with Crippen molar-refractivity contribution in [2.75, 3.05) is 34.0 Å². The Labute approximate surface area is 712 Å². The number of hydrogen-bond donors (Lipinski definition) is 4. The van der Waals surface area contributed by atoms with Crippen molar-refractivity contribution >= 4 is 186 Å². The molecule has 0 spiro atoms. The van der Waals surface area contributed by atoms with Crippen LogP contribution in [0.3, 0.4) is 0 Å². The molecule has 34 heteroatoms. The minimum absolute atomic E-state index is 0. The second-order valence-corrected chi connectivity index (χ2v) is 29.3. The Balaban J connectivity index is 0.000000242. The molecule has 582 valence electrons. The zero-order chi connectivity index (χ0) is 78.5. The van der Waals surface area contributed by atoms with Gasteiger partial charge in [-0.3, -0.25) is 19.2 Å². The van der Waals surface area contributed by atoms with Crippen molar-refractivity contribution in [3.05, 3.63) is 255 Å². The molecule has 0 unspecified atom stereocenters. The second-order valence-electron chi connectivity index (χ2n) is 24.0. The third-order valence-electron chi connectivity index (χ3n) is 17.1. The zero-order valence-electron chi connectivity index (χ0n) is 58.4. The summed E-state index contributed by atoms with van der Waals surface area (Å²) in [4.78, 5) is 72.7. The largest absolute Gasteiger partial charge is 1.00 e. The van der Waals surface area contributed by atoms with Crippen LogP contribution in [0.5, 0.6) is 17.2 Å². The number of nitrogens with two attached hydrogens (primary N) is 1. The third-order valence-corrected chi connectivity index (χ3v) is 20.9. The summed E-state index contributed by atoms with van der Waals surface area (Å²) in [5, 5.41) is 16.5. The van der Waals surface area contributed by atoms with E-state index >= 15 is 0 Å². The van der Waals surface area contributed by atoms with E-state index in [0.717, 1.165) is 47.1 Å². The van der Waals surface area contributed by atoms with Crippen molar-refractivity contribution in [2.45, 2.75) is 75.9 Å². The number of ether oxygens (including phenoxy) is 5. The number of rotatable bonds is 17. The van der Waals surface area contributed by atoms with E-state index in [2.05, 4.69) is 10.6 Å². The van der Waals surface area contributed by atoms with Crippen LogP contribution in [0.1, 0.15) is 83.7 Å². The average molecular weight is 1780 g/mol. The molecule has 0 fully saturated rings. The van der Waals surface area contributed by atoms with Crippen molar-refractivity contribution in [3.63, 3.8) is 0 Å². The van der Waals surface area contributed by atoms with Crippen LogP contribution in [0, 0.1) is 17.5 Å². The molecular formula is C77H62Cl13F3LiN3O14. The number of amides is 2. The number of carboxylic acid groups (broad SMARTS) is 1. The van der Waals surface area contributed by atoms with Gasteiger partial charge in [0.15, 0.2) is 0 Å². The first-order chi connectivity index (χ1) is 51.4. The number of carbonyl (C=O) groups excluding carboxylic acids is 5. The van der Waals surface area contributed by atoms with Gasteiger partial charge in [0.05, 0.1) is 111 Å². The van der Waals surface area contributed by atoms with E-state index in [1.54, 1.807) is 48.5 Å². The SMILES string of the molecule is COC(=O)[C@@H](N)Cc1ccc(-c2c(Cl)cc(F)cc2Cl)c2c1CCCO2.COC(=O)[C@H](Cc1ccc(-c2c(Cl)cc(F)cc2Cl)c2c1CCCO2)NC(=O)c1c(Cl)cccc1Cl.O.O=C(Cl)c1c(Cl)cccc1Cl.O=C(N[C@@H](Cc1ccc(-c2c(Cl)cc(F)cc2Cl)c2c1CCCO2)C(=O)O)c1c(Cl)cccc1Cl.[Li+].[OH-]. The number of benzene rings is 9. The smallest absolute Gasteiger partial charge is 0.870 e. The van der Waals surface area contributed by atoms with E-state index in [-0.39, 0.29) is 120 Å². The van der Waals surface area contributed by atoms with Crippen molar-refractivity contribution in [3.8, 4) is 50.6 Å². The van der Waals surface area contributed by atoms with E-state index in [0.29, 0.717) is 102 Å². The number of carbonyl (C=O) groups is 6. The molecule has 111 heavy (non-hydrogen) atoms. The van der Waals surface area contributed by atoms with Gasteiger partial charge in [-0.1, -0.05) is 194 Å². The van der Waals surface area contributed by atoms with Crippen LogP contribution in [0.25, 0.3) is 33.4 Å². The molecule has 0 saturated heterocycles. The molecule has 2 amide bonds. The Hall–Kier alpha value is -6.56. The van der Waals surface area contributed by atoms with Crippen molar-refractivity contribution in [2.24, 2.45) is 5.73 Å². The van der Waals surface area contributed by atoms with E-state index in [1.807, 2.05) is 18.2 Å². The molecule has 0 bridgehead atoms. The topological polar surface area (TPSA) is 280 Å². The van der Waals surface area contributed by atoms with Crippen LogP contribution < -0.4 is 49.4 Å². The number of hydrogen-bond acceptors (Lipinski definition) is 13. The van der Waals surface area contributed by atoms with Gasteiger partial charge in [0.2, 0.25) is 0 Å². The quantitative estimate of drug-likeness (QED) is 0.0375. The maximum atomic E-state index is 13.8. The number of esters is 2. The molecule has 8 N–H and O–H groups in total. The van der Waals surface area contributed by atoms with E-state index in [1.165, 1.54) is 74.9 Å². The third kappa shape index (κ3) is 22.9. The van der Waals surface area contributed by atoms with E-state index in [9.17, 15) is 47.0 Å². The van der Waals surface area contributed by atoms with Gasteiger partial charge in [-0.2, -0.15) is 0 Å². The maximum absolute atomic E-state index is 13.8. The molecule has 9 aromatic carbocycles. The summed E-state index contributed by atoms with van der Waals surface area (Å²) in [6, 6.07) is 28.9. The number of methoxy groups -OCH3 is 2. The predicted octanol–water partition coefficient (Wildman–Crippen LogP) is 17.3. The van der Waals surface area contributed by atoms with Crippen molar-refractivity contribution in [1.82, 2.24) is 10.6 Å². The average Bonchev–Trinajstić information content (AvgIpc) is 0.779. The standard InChI is InChI=1S/C26H20Cl4FNO4.C25H18Cl4FNO4.C19H18Cl2FNO3.C7H3Cl3O.Li.2H2O/c1-35-26(34)21(32-25(33)23-17(27)5-2-6-18(23)28)10-13-7-8-16(24-15(13)4-3-9-36-24)22-19(29)11-14(31)12-20(22)30;26-16-4-1-5-17(27)22(16)24(32)31-20(25(33)34)9-12-6-7-15(23-14(12)3-2-8-35-23)21-18(28)10-13(30)11-19(21)29;1-25-19(24)16(23)7-10-4-5-13(18-12(10)3-2-6-26-18)17-14(20)8-11(22)9-15(17)21;8-4-2-1-3-5(9)6(4)7(10)11;;;/h2,5-8,11-12,21H,3-4,9-10H2,1H3,(H,32,33);1,4-7,10-11,20H,2-3,8-9H2,(H,31,32)(H,33,34);4-5,8-9,16H,2-3,6-7,23H2,1H3;1-3H;;2*1H2/q;;;;+1;;/p-1/t21-;20-;16-;;;;/m000..../s1. The fraction of sp³-hybridized carbons (Fsp3) is 0.221. The molecule has 0 aliphatic carbocycles. The van der Waals surface area contributed by atoms with Crippen LogP contribution in [-0.4, -0.2) is 103 Å².